The number of β-amino-alcohol motifs (C(OH)–C–C–N with tert-alkyl or cyclic N) is 1. The van der Waals surface area contributed by atoms with Crippen LogP contribution in [0.4, 0.5) is 13.2 Å². The van der Waals surface area contributed by atoms with Crippen LogP contribution in [0.1, 0.15) is 48.6 Å². The van der Waals surface area contributed by atoms with Gasteiger partial charge in [0.15, 0.2) is 10.8 Å². The highest BCUT2D eigenvalue weighted by Gasteiger charge is 2.61. The van der Waals surface area contributed by atoms with Crippen molar-refractivity contribution < 1.29 is 42.5 Å². The summed E-state index contributed by atoms with van der Waals surface area (Å²) in [6, 6.07) is 1.11. The normalized spacial score (nSPS) is 24.3. The fourth-order valence-corrected chi connectivity index (χ4v) is 6.53. The number of nitrogens with one attached hydrogen (secondary N) is 1. The lowest BCUT2D eigenvalue weighted by Gasteiger charge is -2.32. The van der Waals surface area contributed by atoms with E-state index in [2.05, 4.69) is 10.3 Å². The van der Waals surface area contributed by atoms with Crippen LogP contribution in [0.5, 0.6) is 0 Å². The van der Waals surface area contributed by atoms with Crippen LogP contribution in [0.25, 0.3) is 0 Å². The highest BCUT2D eigenvalue weighted by molar-refractivity contribution is 7.11. The molecule has 3 aliphatic heterocycles. The average Bonchev–Trinajstić information content (AvgIpc) is 3.66. The zero-order valence-electron chi connectivity index (χ0n) is 25.5. The SMILES string of the molecule is CCOC(=O)C1=C(CN2CC(F)(F)[C@H]3[C@@H]2CON3C[C@@H](O)C(C)(C)C(=O)O)NC(c2nc(C)cs2)=N[C@H]1c1cccc(F)c1C. The number of aliphatic imine (C=N–C) groups is 1. The molecular formula is C30H36F3N5O6S. The largest absolute Gasteiger partial charge is 0.481 e. The van der Waals surface area contributed by atoms with E-state index in [1.807, 2.05) is 12.3 Å². The van der Waals surface area contributed by atoms with E-state index in [9.17, 15) is 24.2 Å². The Morgan fingerprint density at radius 3 is 2.69 bits per heavy atom. The first-order chi connectivity index (χ1) is 21.1. The maximum Gasteiger partial charge on any atom is 0.338 e. The number of carbonyl (C=O) groups is 2. The maximum atomic E-state index is 15.7. The Balaban J connectivity index is 1.53. The fourth-order valence-electron chi connectivity index (χ4n) is 5.78. The standard InChI is InChI=1S/C30H36F3N5O6S/c1-6-43-27(40)22-19(35-25(26-34-15(2)13-45-26)36-23(22)17-8-7-9-18(31)16(17)3)10-37-14-30(32,33)24-20(37)12-44-38(24)11-21(39)29(4,5)28(41)42/h7-9,13,20-21,23-24,39H,6,10-12,14H2,1-5H3,(H,35,36)(H,41,42)/t20-,21+,23-,24+/m0/s1. The second-order valence-corrected chi connectivity index (χ2v) is 12.8. The summed E-state index contributed by atoms with van der Waals surface area (Å²) >= 11 is 1.31. The van der Waals surface area contributed by atoms with Crippen molar-refractivity contribution in [1.29, 1.82) is 0 Å². The molecular weight excluding hydrogens is 615 g/mol. The number of nitrogens with zero attached hydrogens (tertiary/aromatic N) is 4. The predicted molar refractivity (Wildman–Crippen MR) is 158 cm³/mol. The van der Waals surface area contributed by atoms with Crippen molar-refractivity contribution in [3.63, 3.8) is 0 Å². The van der Waals surface area contributed by atoms with Crippen LogP contribution in [0.3, 0.4) is 0 Å². The summed E-state index contributed by atoms with van der Waals surface area (Å²) in [7, 11) is 0. The zero-order chi connectivity index (χ0) is 32.8. The molecule has 0 unspecified atom stereocenters. The highest BCUT2D eigenvalue weighted by Crippen LogP contribution is 2.42. The molecule has 3 aliphatic rings. The van der Waals surface area contributed by atoms with Crippen LogP contribution in [0.15, 0.2) is 39.8 Å². The average molecular weight is 652 g/mol. The number of halogens is 3. The van der Waals surface area contributed by atoms with Crippen molar-refractivity contribution >= 4 is 29.1 Å². The van der Waals surface area contributed by atoms with Crippen LogP contribution < -0.4 is 5.32 Å². The predicted octanol–water partition coefficient (Wildman–Crippen LogP) is 3.21. The fraction of sp³-hybridized carbons (Fsp3) is 0.533. The second kappa shape index (κ2) is 12.4. The molecule has 15 heteroatoms. The van der Waals surface area contributed by atoms with Crippen LogP contribution >= 0.6 is 11.3 Å². The number of alkyl halides is 2. The van der Waals surface area contributed by atoms with Gasteiger partial charge in [0, 0.05) is 23.3 Å². The number of hydrogen-bond donors (Lipinski definition) is 3. The molecule has 244 valence electrons. The summed E-state index contributed by atoms with van der Waals surface area (Å²) < 4.78 is 51.5. The first-order valence-corrected chi connectivity index (χ1v) is 15.4. The Bertz CT molecular complexity index is 1550. The molecule has 4 heterocycles. The second-order valence-electron chi connectivity index (χ2n) is 12.0. The topological polar surface area (TPSA) is 137 Å². The van der Waals surface area contributed by atoms with Gasteiger partial charge in [-0.3, -0.25) is 19.5 Å². The third-order valence-corrected chi connectivity index (χ3v) is 9.51. The number of carboxylic acid groups (broad SMARTS) is 1. The Morgan fingerprint density at radius 1 is 1.31 bits per heavy atom. The summed E-state index contributed by atoms with van der Waals surface area (Å²) in [5, 5.41) is 26.6. The van der Waals surface area contributed by atoms with E-state index in [-0.39, 0.29) is 36.6 Å². The Kier molecular flexibility index (Phi) is 9.12. The van der Waals surface area contributed by atoms with E-state index < -0.39 is 66.4 Å². The number of carbonyl (C=O) groups excluding carboxylic acids is 1. The molecule has 0 bridgehead atoms. The number of amidine groups is 1. The molecule has 2 aromatic rings. The minimum atomic E-state index is -3.31. The molecule has 0 spiro atoms. The molecule has 0 aliphatic carbocycles. The van der Waals surface area contributed by atoms with Crippen molar-refractivity contribution in [1.82, 2.24) is 20.3 Å². The van der Waals surface area contributed by atoms with Crippen LogP contribution in [-0.2, 0) is 19.2 Å². The number of aliphatic hydroxyl groups excluding tert-OH is 1. The van der Waals surface area contributed by atoms with Gasteiger partial charge in [-0.25, -0.2) is 22.9 Å². The van der Waals surface area contributed by atoms with Gasteiger partial charge in [0.1, 0.15) is 17.9 Å². The Labute approximate surface area is 262 Å². The molecule has 5 rings (SSSR count). The van der Waals surface area contributed by atoms with Crippen LogP contribution in [0.2, 0.25) is 0 Å². The summed E-state index contributed by atoms with van der Waals surface area (Å²) in [6.45, 7) is 6.22. The van der Waals surface area contributed by atoms with Gasteiger partial charge < -0.3 is 20.3 Å². The molecule has 45 heavy (non-hydrogen) atoms. The quantitative estimate of drug-likeness (QED) is 0.329. The van der Waals surface area contributed by atoms with Gasteiger partial charge in [-0.1, -0.05) is 12.1 Å². The van der Waals surface area contributed by atoms with Gasteiger partial charge in [-0.2, -0.15) is 5.06 Å². The minimum Gasteiger partial charge on any atom is -0.481 e. The lowest BCUT2D eigenvalue weighted by molar-refractivity contribution is -0.202. The number of thiazole rings is 1. The maximum absolute atomic E-state index is 15.7. The number of esters is 1. The number of carboxylic acids is 1. The van der Waals surface area contributed by atoms with E-state index in [1.165, 1.54) is 42.2 Å². The summed E-state index contributed by atoms with van der Waals surface area (Å²) in [4.78, 5) is 41.5. The Morgan fingerprint density at radius 2 is 2.04 bits per heavy atom. The van der Waals surface area contributed by atoms with Gasteiger partial charge in [0.25, 0.3) is 5.92 Å². The number of rotatable bonds is 10. The number of ether oxygens (including phenoxy) is 1. The van der Waals surface area contributed by atoms with Crippen molar-refractivity contribution in [2.45, 2.75) is 64.8 Å². The minimum absolute atomic E-state index is 0.0387. The van der Waals surface area contributed by atoms with Crippen molar-refractivity contribution in [2.24, 2.45) is 10.4 Å². The molecule has 2 saturated heterocycles. The van der Waals surface area contributed by atoms with Crippen molar-refractivity contribution in [3.05, 3.63) is 62.5 Å². The lowest BCUT2D eigenvalue weighted by atomic mass is 9.86. The molecule has 0 radical (unpaired) electrons. The van der Waals surface area contributed by atoms with Gasteiger partial charge in [0.05, 0.1) is 49.4 Å². The van der Waals surface area contributed by atoms with Gasteiger partial charge in [0.2, 0.25) is 0 Å². The number of aliphatic carboxylic acids is 1. The number of aromatic nitrogens is 1. The van der Waals surface area contributed by atoms with Crippen LogP contribution in [0, 0.1) is 25.1 Å². The zero-order valence-corrected chi connectivity index (χ0v) is 26.3. The first-order valence-electron chi connectivity index (χ1n) is 14.5. The third kappa shape index (κ3) is 6.23. The number of likely N-dealkylation sites (tertiary alicyclic amines) is 1. The number of aryl methyl sites for hydroxylation is 1. The molecule has 4 atom stereocenters. The molecule has 3 N–H and O–H groups in total. The van der Waals surface area contributed by atoms with E-state index in [0.717, 1.165) is 10.8 Å². The summed E-state index contributed by atoms with van der Waals surface area (Å²) in [5.41, 5.74) is 0.134. The Hall–Kier alpha value is -3.37. The van der Waals surface area contributed by atoms with E-state index in [4.69, 9.17) is 14.6 Å². The van der Waals surface area contributed by atoms with E-state index in [1.54, 1.807) is 19.9 Å². The number of aliphatic hydroxyl groups is 1. The molecule has 0 saturated carbocycles. The van der Waals surface area contributed by atoms with Crippen molar-refractivity contribution in [3.8, 4) is 0 Å². The van der Waals surface area contributed by atoms with E-state index >= 15 is 8.78 Å². The van der Waals surface area contributed by atoms with Gasteiger partial charge in [-0.05, 0) is 51.8 Å². The van der Waals surface area contributed by atoms with Crippen LogP contribution in [-0.4, -0.2) is 99.9 Å². The van der Waals surface area contributed by atoms with E-state index in [0.29, 0.717) is 16.4 Å². The third-order valence-electron chi connectivity index (χ3n) is 8.55. The summed E-state index contributed by atoms with van der Waals surface area (Å²) in [6.07, 6.45) is -1.49. The lowest BCUT2D eigenvalue weighted by Crippen LogP contribution is -2.51. The number of hydrogen-bond acceptors (Lipinski definition) is 11. The monoisotopic (exact) mass is 651 g/mol. The summed E-state index contributed by atoms with van der Waals surface area (Å²) in [5.74, 6) is -5.50. The molecule has 0 amide bonds. The van der Waals surface area contributed by atoms with Gasteiger partial charge >= 0.3 is 11.9 Å². The molecule has 2 fully saturated rings. The molecule has 1 aromatic carbocycles. The number of fused-ring (bicyclic) bond motifs is 1. The first kappa shape index (κ1) is 33.0. The smallest absolute Gasteiger partial charge is 0.338 e. The number of benzene rings is 1. The van der Waals surface area contributed by atoms with Gasteiger partial charge in [-0.15, -0.1) is 11.3 Å². The highest BCUT2D eigenvalue weighted by atomic mass is 32.1. The van der Waals surface area contributed by atoms with Crippen molar-refractivity contribution in [2.75, 3.05) is 32.8 Å². The molecule has 11 nitrogen and oxygen atoms in total. The molecule has 1 aromatic heterocycles. The number of hydroxylamine groups is 2.